The van der Waals surface area contributed by atoms with Crippen LogP contribution in [0.4, 0.5) is 0 Å². The van der Waals surface area contributed by atoms with Crippen LogP contribution in [0.5, 0.6) is 0 Å². The maximum absolute atomic E-state index is 13.6. The minimum absolute atomic E-state index is 0.00111. The van der Waals surface area contributed by atoms with Crippen molar-refractivity contribution < 1.29 is 4.79 Å². The van der Waals surface area contributed by atoms with Crippen molar-refractivity contribution in [1.82, 2.24) is 14.5 Å². The van der Waals surface area contributed by atoms with E-state index in [4.69, 9.17) is 0 Å². The Bertz CT molecular complexity index is 1360. The molecule has 0 radical (unpaired) electrons. The third-order valence-corrected chi connectivity index (χ3v) is 5.94. The molecule has 0 saturated carbocycles. The summed E-state index contributed by atoms with van der Waals surface area (Å²) in [7, 11) is 0. The van der Waals surface area contributed by atoms with Gasteiger partial charge in [0.1, 0.15) is 5.82 Å². The zero-order valence-electron chi connectivity index (χ0n) is 16.3. The Kier molecular flexibility index (Phi) is 4.60. The SMILES string of the molecule is Cc1c(C(=O)c2ccc(Br)cc2)c(-c2cccc3ccccc23)cn1-c1cnc[nH]1. The highest BCUT2D eigenvalue weighted by atomic mass is 79.9. The molecule has 2 aromatic heterocycles. The van der Waals surface area contributed by atoms with Gasteiger partial charge in [0.05, 0.1) is 18.1 Å². The molecule has 0 atom stereocenters. The molecule has 0 saturated heterocycles. The van der Waals surface area contributed by atoms with E-state index in [0.717, 1.165) is 37.9 Å². The number of benzene rings is 3. The van der Waals surface area contributed by atoms with Crippen molar-refractivity contribution in [3.8, 4) is 16.9 Å². The largest absolute Gasteiger partial charge is 0.331 e. The standard InChI is InChI=1S/C25H18BrN3O/c1-16-24(25(30)18-9-11-19(26)12-10-18)22(14-29(16)23-13-27-15-28-23)21-8-4-6-17-5-2-3-7-20(17)21/h2-15H,1H3,(H,27,28). The van der Waals surface area contributed by atoms with Crippen LogP contribution in [-0.2, 0) is 0 Å². The number of aromatic amines is 1. The Morgan fingerprint density at radius 2 is 1.73 bits per heavy atom. The fourth-order valence-corrected chi connectivity index (χ4v) is 4.20. The van der Waals surface area contributed by atoms with Crippen LogP contribution in [0.15, 0.2) is 89.9 Å². The van der Waals surface area contributed by atoms with E-state index in [9.17, 15) is 4.79 Å². The van der Waals surface area contributed by atoms with Crippen LogP contribution in [0.1, 0.15) is 21.6 Å². The van der Waals surface area contributed by atoms with Crippen LogP contribution in [0.25, 0.3) is 27.7 Å². The molecule has 5 aromatic rings. The first kappa shape index (κ1) is 18.6. The normalized spacial score (nSPS) is 11.1. The van der Waals surface area contributed by atoms with Crippen molar-refractivity contribution in [2.75, 3.05) is 0 Å². The first-order chi connectivity index (χ1) is 14.6. The van der Waals surface area contributed by atoms with Crippen molar-refractivity contribution >= 4 is 32.5 Å². The highest BCUT2D eigenvalue weighted by molar-refractivity contribution is 9.10. The van der Waals surface area contributed by atoms with E-state index in [1.165, 1.54) is 0 Å². The molecule has 30 heavy (non-hydrogen) atoms. The number of carbonyl (C=O) groups excluding carboxylic acids is 1. The average molecular weight is 456 g/mol. The van der Waals surface area contributed by atoms with E-state index in [1.807, 2.05) is 60.2 Å². The fourth-order valence-electron chi connectivity index (χ4n) is 3.93. The van der Waals surface area contributed by atoms with Crippen molar-refractivity contribution in [2.45, 2.75) is 6.92 Å². The van der Waals surface area contributed by atoms with Gasteiger partial charge in [-0.05, 0) is 47.5 Å². The number of H-pyrrole nitrogens is 1. The van der Waals surface area contributed by atoms with Crippen LogP contribution in [-0.4, -0.2) is 20.3 Å². The number of rotatable bonds is 4. The summed E-state index contributed by atoms with van der Waals surface area (Å²) in [5.41, 5.74) is 4.17. The molecule has 2 heterocycles. The predicted molar refractivity (Wildman–Crippen MR) is 123 cm³/mol. The van der Waals surface area contributed by atoms with Gasteiger partial charge in [-0.25, -0.2) is 4.98 Å². The number of hydrogen-bond acceptors (Lipinski definition) is 2. The topological polar surface area (TPSA) is 50.7 Å². The van der Waals surface area contributed by atoms with Gasteiger partial charge in [0.15, 0.2) is 5.78 Å². The van der Waals surface area contributed by atoms with E-state index in [0.29, 0.717) is 11.1 Å². The van der Waals surface area contributed by atoms with Crippen molar-refractivity contribution in [2.24, 2.45) is 0 Å². The zero-order valence-corrected chi connectivity index (χ0v) is 17.8. The minimum Gasteiger partial charge on any atom is -0.331 e. The van der Waals surface area contributed by atoms with Gasteiger partial charge in [0.2, 0.25) is 0 Å². The van der Waals surface area contributed by atoms with Gasteiger partial charge in [-0.1, -0.05) is 58.4 Å². The average Bonchev–Trinajstić information content (AvgIpc) is 3.41. The second-order valence-corrected chi connectivity index (χ2v) is 8.09. The van der Waals surface area contributed by atoms with Crippen LogP contribution in [0.3, 0.4) is 0 Å². The Morgan fingerprint density at radius 1 is 0.967 bits per heavy atom. The molecule has 0 fully saturated rings. The molecule has 5 rings (SSSR count). The molecule has 0 aliphatic heterocycles. The number of imidazole rings is 1. The summed E-state index contributed by atoms with van der Waals surface area (Å²) in [5.74, 6) is 0.824. The lowest BCUT2D eigenvalue weighted by molar-refractivity contribution is 0.103. The van der Waals surface area contributed by atoms with Gasteiger partial charge >= 0.3 is 0 Å². The van der Waals surface area contributed by atoms with Gasteiger partial charge in [0, 0.05) is 27.5 Å². The van der Waals surface area contributed by atoms with Gasteiger partial charge in [-0.3, -0.25) is 4.79 Å². The highest BCUT2D eigenvalue weighted by Crippen LogP contribution is 2.36. The van der Waals surface area contributed by atoms with E-state index >= 15 is 0 Å². The smallest absolute Gasteiger partial charge is 0.195 e. The number of nitrogens with zero attached hydrogens (tertiary/aromatic N) is 2. The molecule has 1 N–H and O–H groups in total. The number of hydrogen-bond donors (Lipinski definition) is 1. The molecule has 5 heteroatoms. The second-order valence-electron chi connectivity index (χ2n) is 7.17. The molecule has 0 bridgehead atoms. The predicted octanol–water partition coefficient (Wildman–Crippen LogP) is 6.32. The number of aromatic nitrogens is 3. The molecule has 4 nitrogen and oxygen atoms in total. The Balaban J connectivity index is 1.78. The molecular formula is C25H18BrN3O. The van der Waals surface area contributed by atoms with Gasteiger partial charge < -0.3 is 9.55 Å². The molecule has 0 spiro atoms. The number of halogens is 1. The van der Waals surface area contributed by atoms with Gasteiger partial charge in [0.25, 0.3) is 0 Å². The minimum atomic E-state index is 0.00111. The van der Waals surface area contributed by atoms with Gasteiger partial charge in [-0.2, -0.15) is 0 Å². The third-order valence-electron chi connectivity index (χ3n) is 5.41. The number of carbonyl (C=O) groups is 1. The molecule has 146 valence electrons. The lowest BCUT2D eigenvalue weighted by atomic mass is 9.93. The summed E-state index contributed by atoms with van der Waals surface area (Å²) in [6, 6.07) is 21.9. The number of ketones is 1. The van der Waals surface area contributed by atoms with Gasteiger partial charge in [-0.15, -0.1) is 0 Å². The first-order valence-electron chi connectivity index (χ1n) is 9.62. The summed E-state index contributed by atoms with van der Waals surface area (Å²) in [5, 5.41) is 2.26. The Morgan fingerprint density at radius 3 is 2.50 bits per heavy atom. The highest BCUT2D eigenvalue weighted by Gasteiger charge is 2.23. The van der Waals surface area contributed by atoms with E-state index in [2.05, 4.69) is 50.2 Å². The van der Waals surface area contributed by atoms with Crippen LogP contribution in [0, 0.1) is 6.92 Å². The van der Waals surface area contributed by atoms with E-state index < -0.39 is 0 Å². The Hall–Kier alpha value is -3.44. The lowest BCUT2D eigenvalue weighted by Gasteiger charge is -2.09. The van der Waals surface area contributed by atoms with Crippen LogP contribution >= 0.6 is 15.9 Å². The quantitative estimate of drug-likeness (QED) is 0.322. The lowest BCUT2D eigenvalue weighted by Crippen LogP contribution is -2.05. The third kappa shape index (κ3) is 3.08. The van der Waals surface area contributed by atoms with E-state index in [-0.39, 0.29) is 5.78 Å². The summed E-state index contributed by atoms with van der Waals surface area (Å²) in [6.45, 7) is 1.97. The first-order valence-corrected chi connectivity index (χ1v) is 10.4. The Labute approximate surface area is 182 Å². The summed E-state index contributed by atoms with van der Waals surface area (Å²) in [6.07, 6.45) is 5.42. The van der Waals surface area contributed by atoms with Crippen LogP contribution < -0.4 is 0 Å². The monoisotopic (exact) mass is 455 g/mol. The fraction of sp³-hybridized carbons (Fsp3) is 0.0400. The molecular weight excluding hydrogens is 438 g/mol. The maximum Gasteiger partial charge on any atom is 0.195 e. The maximum atomic E-state index is 13.6. The molecule has 0 aliphatic rings. The molecule has 0 unspecified atom stereocenters. The molecule has 3 aromatic carbocycles. The van der Waals surface area contributed by atoms with Crippen molar-refractivity contribution in [1.29, 1.82) is 0 Å². The zero-order chi connectivity index (χ0) is 20.7. The summed E-state index contributed by atoms with van der Waals surface area (Å²) >= 11 is 3.45. The number of fused-ring (bicyclic) bond motifs is 1. The van der Waals surface area contributed by atoms with Crippen molar-refractivity contribution in [3.05, 3.63) is 107 Å². The summed E-state index contributed by atoms with van der Waals surface area (Å²) < 4.78 is 2.94. The summed E-state index contributed by atoms with van der Waals surface area (Å²) in [4.78, 5) is 20.9. The second kappa shape index (κ2) is 7.43. The number of nitrogens with one attached hydrogen (secondary N) is 1. The molecule has 0 amide bonds. The molecule has 0 aliphatic carbocycles. The van der Waals surface area contributed by atoms with Crippen molar-refractivity contribution in [3.63, 3.8) is 0 Å². The van der Waals surface area contributed by atoms with Crippen LogP contribution in [0.2, 0.25) is 0 Å². The van der Waals surface area contributed by atoms with E-state index in [1.54, 1.807) is 12.5 Å².